The summed E-state index contributed by atoms with van der Waals surface area (Å²) in [6.07, 6.45) is -2.85. The summed E-state index contributed by atoms with van der Waals surface area (Å²) in [4.78, 5) is 19.9. The lowest BCUT2D eigenvalue weighted by Crippen LogP contribution is -2.32. The normalized spacial score (nSPS) is 16.2. The quantitative estimate of drug-likeness (QED) is 0.479. The van der Waals surface area contributed by atoms with Crippen molar-refractivity contribution < 1.29 is 32.2 Å². The summed E-state index contributed by atoms with van der Waals surface area (Å²) >= 11 is 0.837. The number of carbonyl (C=O) groups is 1. The molecule has 2 aromatic rings. The Labute approximate surface area is 181 Å². The Hall–Kier alpha value is -2.53. The topological polar surface area (TPSA) is 82.6 Å². The summed E-state index contributed by atoms with van der Waals surface area (Å²) < 4.78 is 56.0. The van der Waals surface area contributed by atoms with Gasteiger partial charge >= 0.3 is 6.18 Å². The van der Waals surface area contributed by atoms with Crippen molar-refractivity contribution in [3.05, 3.63) is 30.0 Å². The minimum absolute atomic E-state index is 0.0181. The molecule has 1 aromatic heterocycles. The number of nitrogens with one attached hydrogen (secondary N) is 1. The molecule has 0 unspecified atom stereocenters. The van der Waals surface area contributed by atoms with E-state index < -0.39 is 11.9 Å². The smallest absolute Gasteiger partial charge is 0.433 e. The van der Waals surface area contributed by atoms with Crippen LogP contribution in [0.3, 0.4) is 0 Å². The summed E-state index contributed by atoms with van der Waals surface area (Å²) in [6, 6.07) is 5.55. The van der Waals surface area contributed by atoms with Crippen LogP contribution in [0.5, 0.6) is 11.5 Å². The van der Waals surface area contributed by atoms with E-state index in [1.54, 1.807) is 12.1 Å². The highest BCUT2D eigenvalue weighted by Gasteiger charge is 2.34. The molecule has 1 N–H and O–H groups in total. The molecule has 1 aromatic carbocycles. The van der Waals surface area contributed by atoms with E-state index in [0.29, 0.717) is 30.2 Å². The summed E-state index contributed by atoms with van der Waals surface area (Å²) in [5.74, 6) is 0.359. The number of methoxy groups -OCH3 is 2. The fraction of sp³-hybridized carbons (Fsp3) is 0.450. The number of carbonyl (C=O) groups excluding carboxylic acids is 1. The first kappa shape index (κ1) is 23.1. The number of halogens is 3. The van der Waals surface area contributed by atoms with Crippen molar-refractivity contribution in [3.63, 3.8) is 0 Å². The van der Waals surface area contributed by atoms with E-state index in [9.17, 15) is 18.0 Å². The van der Waals surface area contributed by atoms with Crippen molar-refractivity contribution in [1.82, 2.24) is 15.3 Å². The van der Waals surface area contributed by atoms with Gasteiger partial charge in [-0.15, -0.1) is 0 Å². The van der Waals surface area contributed by atoms with E-state index in [1.165, 1.54) is 20.3 Å². The predicted octanol–water partition coefficient (Wildman–Crippen LogP) is 3.57. The van der Waals surface area contributed by atoms with Gasteiger partial charge in [0.25, 0.3) is 0 Å². The minimum Gasteiger partial charge on any atom is -0.493 e. The first-order valence-corrected chi connectivity index (χ1v) is 10.5. The van der Waals surface area contributed by atoms with Gasteiger partial charge in [0.1, 0.15) is 5.69 Å². The van der Waals surface area contributed by atoms with Crippen LogP contribution in [0.4, 0.5) is 13.2 Å². The Balaban J connectivity index is 1.78. The second-order valence-corrected chi connectivity index (χ2v) is 7.66. The number of benzene rings is 1. The Morgan fingerprint density at radius 1 is 1.23 bits per heavy atom. The lowest BCUT2D eigenvalue weighted by atomic mass is 10.1. The maximum absolute atomic E-state index is 13.4. The van der Waals surface area contributed by atoms with Crippen LogP contribution in [0.2, 0.25) is 0 Å². The maximum Gasteiger partial charge on any atom is 0.433 e. The van der Waals surface area contributed by atoms with Crippen LogP contribution in [-0.4, -0.2) is 55.1 Å². The van der Waals surface area contributed by atoms with Gasteiger partial charge in [0.2, 0.25) is 5.91 Å². The number of amides is 1. The number of hydrogen-bond acceptors (Lipinski definition) is 7. The molecule has 0 saturated carbocycles. The van der Waals surface area contributed by atoms with Gasteiger partial charge in [-0.2, -0.15) is 13.2 Å². The fourth-order valence-electron chi connectivity index (χ4n) is 2.99. The molecule has 7 nitrogen and oxygen atoms in total. The highest BCUT2D eigenvalue weighted by atomic mass is 32.2. The molecule has 1 saturated heterocycles. The van der Waals surface area contributed by atoms with Crippen molar-refractivity contribution in [3.8, 4) is 22.8 Å². The van der Waals surface area contributed by atoms with Crippen molar-refractivity contribution in [2.75, 3.05) is 33.1 Å². The SMILES string of the molecule is COc1ccc(-c2cc(C(F)(F)F)nc(SCC(=O)NC[C@@H]3CCCO3)n2)cc1OC. The minimum atomic E-state index is -4.66. The molecule has 1 atom stereocenters. The van der Waals surface area contributed by atoms with E-state index in [0.717, 1.165) is 30.7 Å². The van der Waals surface area contributed by atoms with Crippen LogP contribution in [0.1, 0.15) is 18.5 Å². The first-order valence-electron chi connectivity index (χ1n) is 9.50. The Kier molecular flexibility index (Phi) is 7.60. The molecule has 2 heterocycles. The Morgan fingerprint density at radius 2 is 2.00 bits per heavy atom. The Bertz CT molecular complexity index is 921. The van der Waals surface area contributed by atoms with E-state index in [1.807, 2.05) is 0 Å². The number of rotatable bonds is 8. The third kappa shape index (κ3) is 6.23. The van der Waals surface area contributed by atoms with E-state index in [4.69, 9.17) is 14.2 Å². The summed E-state index contributed by atoms with van der Waals surface area (Å²) in [5, 5.41) is 2.57. The van der Waals surface area contributed by atoms with Gasteiger partial charge in [0.15, 0.2) is 16.7 Å². The number of hydrogen-bond donors (Lipinski definition) is 1. The summed E-state index contributed by atoms with van der Waals surface area (Å²) in [6.45, 7) is 1.05. The molecule has 0 radical (unpaired) electrons. The van der Waals surface area contributed by atoms with E-state index in [-0.39, 0.29) is 28.6 Å². The molecule has 11 heteroatoms. The van der Waals surface area contributed by atoms with Gasteiger partial charge in [0, 0.05) is 18.7 Å². The van der Waals surface area contributed by atoms with Gasteiger partial charge in [-0.3, -0.25) is 4.79 Å². The average Bonchev–Trinajstić information content (AvgIpc) is 3.28. The molecular formula is C20H22F3N3O4S. The van der Waals surface area contributed by atoms with E-state index >= 15 is 0 Å². The zero-order valence-corrected chi connectivity index (χ0v) is 17.8. The van der Waals surface area contributed by atoms with Crippen LogP contribution >= 0.6 is 11.8 Å². The number of ether oxygens (including phenoxy) is 3. The molecule has 0 spiro atoms. The lowest BCUT2D eigenvalue weighted by Gasteiger charge is -2.13. The third-order valence-electron chi connectivity index (χ3n) is 4.56. The lowest BCUT2D eigenvalue weighted by molar-refractivity contribution is -0.141. The molecular weight excluding hydrogens is 435 g/mol. The molecule has 0 bridgehead atoms. The van der Waals surface area contributed by atoms with Gasteiger partial charge in [0.05, 0.1) is 31.8 Å². The number of nitrogens with zero attached hydrogens (tertiary/aromatic N) is 2. The van der Waals surface area contributed by atoms with Gasteiger partial charge in [-0.05, 0) is 37.1 Å². The zero-order valence-electron chi connectivity index (χ0n) is 17.0. The predicted molar refractivity (Wildman–Crippen MR) is 108 cm³/mol. The van der Waals surface area contributed by atoms with Crippen molar-refractivity contribution >= 4 is 17.7 Å². The third-order valence-corrected chi connectivity index (χ3v) is 5.41. The van der Waals surface area contributed by atoms with Crippen molar-refractivity contribution in [2.24, 2.45) is 0 Å². The van der Waals surface area contributed by atoms with Crippen LogP contribution < -0.4 is 14.8 Å². The number of alkyl halides is 3. The maximum atomic E-state index is 13.4. The second kappa shape index (κ2) is 10.2. The first-order chi connectivity index (χ1) is 14.8. The Morgan fingerprint density at radius 3 is 2.65 bits per heavy atom. The van der Waals surface area contributed by atoms with Gasteiger partial charge in [-0.1, -0.05) is 11.8 Å². The summed E-state index contributed by atoms with van der Waals surface area (Å²) in [5.41, 5.74) is -0.629. The largest absolute Gasteiger partial charge is 0.493 e. The molecule has 1 fully saturated rings. The van der Waals surface area contributed by atoms with Crippen LogP contribution in [-0.2, 0) is 15.7 Å². The standard InChI is InChI=1S/C20H22F3N3O4S/c1-28-15-6-5-12(8-16(15)29-2)14-9-17(20(21,22)23)26-19(25-14)31-11-18(27)24-10-13-4-3-7-30-13/h5-6,8-9,13H,3-4,7,10-11H2,1-2H3,(H,24,27)/t13-/m0/s1. The molecule has 1 amide bonds. The van der Waals surface area contributed by atoms with Crippen molar-refractivity contribution in [2.45, 2.75) is 30.3 Å². The zero-order chi connectivity index (χ0) is 22.4. The molecule has 3 rings (SSSR count). The molecule has 0 aliphatic carbocycles. The highest BCUT2D eigenvalue weighted by molar-refractivity contribution is 7.99. The van der Waals surface area contributed by atoms with Crippen LogP contribution in [0, 0.1) is 0 Å². The fourth-order valence-corrected chi connectivity index (χ4v) is 3.68. The molecule has 1 aliphatic heterocycles. The van der Waals surface area contributed by atoms with Crippen LogP contribution in [0.15, 0.2) is 29.4 Å². The van der Waals surface area contributed by atoms with Gasteiger partial charge in [-0.25, -0.2) is 9.97 Å². The number of aromatic nitrogens is 2. The summed E-state index contributed by atoms with van der Waals surface area (Å²) in [7, 11) is 2.89. The van der Waals surface area contributed by atoms with Crippen molar-refractivity contribution in [1.29, 1.82) is 0 Å². The highest BCUT2D eigenvalue weighted by Crippen LogP contribution is 2.35. The second-order valence-electron chi connectivity index (χ2n) is 6.72. The molecule has 31 heavy (non-hydrogen) atoms. The monoisotopic (exact) mass is 457 g/mol. The molecule has 168 valence electrons. The van der Waals surface area contributed by atoms with Crippen LogP contribution in [0.25, 0.3) is 11.3 Å². The average molecular weight is 457 g/mol. The van der Waals surface area contributed by atoms with Gasteiger partial charge < -0.3 is 19.5 Å². The molecule has 1 aliphatic rings. The van der Waals surface area contributed by atoms with E-state index in [2.05, 4.69) is 15.3 Å². The number of thioether (sulfide) groups is 1.